The molecule has 3 nitrogen and oxygen atoms in total. The fourth-order valence-corrected chi connectivity index (χ4v) is 3.30. The van der Waals surface area contributed by atoms with Gasteiger partial charge in [-0.05, 0) is 31.4 Å². The van der Waals surface area contributed by atoms with Gasteiger partial charge in [-0.2, -0.15) is 5.26 Å². The van der Waals surface area contributed by atoms with Gasteiger partial charge in [0.1, 0.15) is 6.17 Å². The standard InChI is InChI=1S/C16H23N3/c1-11(10-17)9-14-12(2)16(4,5)15-18(6)7-8-19(15)13(14)3/h7-9,12,15H,1-6H3/b11-9+. The molecule has 0 saturated heterocycles. The Bertz CT molecular complexity index is 517. The normalized spacial score (nSPS) is 29.6. The van der Waals surface area contributed by atoms with Crippen molar-refractivity contribution >= 4 is 0 Å². The van der Waals surface area contributed by atoms with Crippen LogP contribution in [-0.2, 0) is 0 Å². The summed E-state index contributed by atoms with van der Waals surface area (Å²) in [5.41, 5.74) is 3.43. The molecule has 0 spiro atoms. The maximum atomic E-state index is 9.02. The van der Waals surface area contributed by atoms with Crippen molar-refractivity contribution in [1.82, 2.24) is 9.80 Å². The topological polar surface area (TPSA) is 30.3 Å². The van der Waals surface area contributed by atoms with Gasteiger partial charge < -0.3 is 9.80 Å². The maximum Gasteiger partial charge on any atom is 0.110 e. The molecule has 19 heavy (non-hydrogen) atoms. The zero-order valence-corrected chi connectivity index (χ0v) is 12.7. The van der Waals surface area contributed by atoms with Gasteiger partial charge in [-0.1, -0.05) is 20.8 Å². The number of nitrogens with zero attached hydrogens (tertiary/aromatic N) is 3. The Kier molecular flexibility index (Phi) is 3.22. The lowest BCUT2D eigenvalue weighted by Crippen LogP contribution is -2.53. The second kappa shape index (κ2) is 4.45. The van der Waals surface area contributed by atoms with E-state index in [1.165, 1.54) is 11.3 Å². The van der Waals surface area contributed by atoms with Crippen LogP contribution < -0.4 is 0 Å². The van der Waals surface area contributed by atoms with Gasteiger partial charge in [0.15, 0.2) is 0 Å². The van der Waals surface area contributed by atoms with Crippen molar-refractivity contribution in [2.75, 3.05) is 7.05 Å². The van der Waals surface area contributed by atoms with E-state index in [0.717, 1.165) is 5.57 Å². The Morgan fingerprint density at radius 1 is 1.42 bits per heavy atom. The monoisotopic (exact) mass is 257 g/mol. The molecule has 0 aromatic carbocycles. The number of fused-ring (bicyclic) bond motifs is 1. The van der Waals surface area contributed by atoms with Crippen molar-refractivity contribution in [1.29, 1.82) is 5.26 Å². The third-order valence-corrected chi connectivity index (χ3v) is 4.71. The van der Waals surface area contributed by atoms with Crippen LogP contribution in [0.3, 0.4) is 0 Å². The molecule has 0 bridgehead atoms. The Hall–Kier alpha value is -1.69. The van der Waals surface area contributed by atoms with Crippen LogP contribution in [0, 0.1) is 22.7 Å². The Balaban J connectivity index is 2.55. The first kappa shape index (κ1) is 13.7. The van der Waals surface area contributed by atoms with E-state index in [2.05, 4.69) is 63.0 Å². The molecule has 2 aliphatic rings. The van der Waals surface area contributed by atoms with Gasteiger partial charge in [0, 0.05) is 36.1 Å². The van der Waals surface area contributed by atoms with E-state index in [-0.39, 0.29) is 5.41 Å². The smallest absolute Gasteiger partial charge is 0.110 e. The van der Waals surface area contributed by atoms with Gasteiger partial charge in [-0.15, -0.1) is 0 Å². The quantitative estimate of drug-likeness (QED) is 0.674. The summed E-state index contributed by atoms with van der Waals surface area (Å²) in [4.78, 5) is 4.61. The lowest BCUT2D eigenvalue weighted by Gasteiger charge is -2.50. The molecule has 0 amide bonds. The van der Waals surface area contributed by atoms with Gasteiger partial charge in [-0.3, -0.25) is 0 Å². The molecule has 2 atom stereocenters. The third-order valence-electron chi connectivity index (χ3n) is 4.71. The first-order valence-electron chi connectivity index (χ1n) is 6.78. The lowest BCUT2D eigenvalue weighted by atomic mass is 9.69. The summed E-state index contributed by atoms with van der Waals surface area (Å²) in [6, 6.07) is 2.23. The average molecular weight is 257 g/mol. The van der Waals surface area contributed by atoms with E-state index in [1.54, 1.807) is 0 Å². The molecule has 2 heterocycles. The fourth-order valence-electron chi connectivity index (χ4n) is 3.30. The molecule has 0 N–H and O–H groups in total. The highest BCUT2D eigenvalue weighted by atomic mass is 15.4. The lowest BCUT2D eigenvalue weighted by molar-refractivity contribution is 0.0249. The van der Waals surface area contributed by atoms with Crippen LogP contribution in [-0.4, -0.2) is 23.0 Å². The number of rotatable bonds is 1. The summed E-state index contributed by atoms with van der Waals surface area (Å²) >= 11 is 0. The van der Waals surface area contributed by atoms with Crippen LogP contribution in [0.25, 0.3) is 0 Å². The summed E-state index contributed by atoms with van der Waals surface area (Å²) in [6.45, 7) is 10.9. The van der Waals surface area contributed by atoms with Crippen LogP contribution in [0.1, 0.15) is 34.6 Å². The van der Waals surface area contributed by atoms with Crippen molar-refractivity contribution < 1.29 is 0 Å². The summed E-state index contributed by atoms with van der Waals surface area (Å²) in [7, 11) is 2.13. The SMILES string of the molecule is CC1=C(/C=C(\C)C#N)C(C)C(C)(C)C2N(C)C=CN12. The number of hydrogen-bond donors (Lipinski definition) is 0. The van der Waals surface area contributed by atoms with E-state index >= 15 is 0 Å². The highest BCUT2D eigenvalue weighted by Crippen LogP contribution is 2.48. The van der Waals surface area contributed by atoms with Gasteiger partial charge in [-0.25, -0.2) is 0 Å². The highest BCUT2D eigenvalue weighted by Gasteiger charge is 2.47. The van der Waals surface area contributed by atoms with Crippen molar-refractivity contribution in [3.8, 4) is 6.07 Å². The zero-order valence-electron chi connectivity index (χ0n) is 12.7. The number of nitriles is 1. The molecular formula is C16H23N3. The fraction of sp³-hybridized carbons (Fsp3) is 0.562. The summed E-state index contributed by atoms with van der Waals surface area (Å²) in [5, 5.41) is 9.02. The molecule has 3 heteroatoms. The highest BCUT2D eigenvalue weighted by molar-refractivity contribution is 5.39. The molecule has 2 rings (SSSR count). The van der Waals surface area contributed by atoms with Crippen LogP contribution in [0.4, 0.5) is 0 Å². The van der Waals surface area contributed by atoms with E-state index in [1.807, 2.05) is 13.0 Å². The van der Waals surface area contributed by atoms with Gasteiger partial charge in [0.05, 0.1) is 6.07 Å². The first-order chi connectivity index (χ1) is 8.80. The number of hydrogen-bond acceptors (Lipinski definition) is 3. The molecular weight excluding hydrogens is 234 g/mol. The van der Waals surface area contributed by atoms with Crippen molar-refractivity contribution in [3.05, 3.63) is 35.3 Å². The van der Waals surface area contributed by atoms with Gasteiger partial charge >= 0.3 is 0 Å². The summed E-state index contributed by atoms with van der Waals surface area (Å²) < 4.78 is 0. The minimum Gasteiger partial charge on any atom is -0.358 e. The second-order valence-electron chi connectivity index (χ2n) is 6.27. The van der Waals surface area contributed by atoms with E-state index in [0.29, 0.717) is 12.1 Å². The average Bonchev–Trinajstić information content (AvgIpc) is 2.75. The van der Waals surface area contributed by atoms with Crippen LogP contribution >= 0.6 is 0 Å². The van der Waals surface area contributed by atoms with E-state index < -0.39 is 0 Å². The largest absolute Gasteiger partial charge is 0.358 e. The van der Waals surface area contributed by atoms with Crippen LogP contribution in [0.5, 0.6) is 0 Å². The van der Waals surface area contributed by atoms with Gasteiger partial charge in [0.25, 0.3) is 0 Å². The van der Waals surface area contributed by atoms with E-state index in [9.17, 15) is 0 Å². The summed E-state index contributed by atoms with van der Waals surface area (Å²) in [5.74, 6) is 0.416. The third kappa shape index (κ3) is 1.96. The Morgan fingerprint density at radius 3 is 2.63 bits per heavy atom. The minimum atomic E-state index is 0.124. The zero-order chi connectivity index (χ0) is 14.4. The molecule has 102 valence electrons. The molecule has 0 radical (unpaired) electrons. The van der Waals surface area contributed by atoms with Crippen molar-refractivity contribution in [3.63, 3.8) is 0 Å². The molecule has 2 unspecified atom stereocenters. The molecule has 0 saturated carbocycles. The first-order valence-corrected chi connectivity index (χ1v) is 6.78. The van der Waals surface area contributed by atoms with E-state index in [4.69, 9.17) is 5.26 Å². The van der Waals surface area contributed by atoms with Crippen LogP contribution in [0.2, 0.25) is 0 Å². The van der Waals surface area contributed by atoms with Crippen molar-refractivity contribution in [2.24, 2.45) is 11.3 Å². The van der Waals surface area contributed by atoms with Gasteiger partial charge in [0.2, 0.25) is 0 Å². The second-order valence-corrected chi connectivity index (χ2v) is 6.27. The predicted molar refractivity (Wildman–Crippen MR) is 77.5 cm³/mol. The Labute approximate surface area is 116 Å². The summed E-state index contributed by atoms with van der Waals surface area (Å²) in [6.07, 6.45) is 6.68. The molecule has 0 aromatic heterocycles. The molecule has 0 aromatic rings. The maximum absolute atomic E-state index is 9.02. The minimum absolute atomic E-state index is 0.124. The molecule has 0 aliphatic carbocycles. The molecule has 2 aliphatic heterocycles. The Morgan fingerprint density at radius 2 is 2.05 bits per heavy atom. The van der Waals surface area contributed by atoms with Crippen LogP contribution in [0.15, 0.2) is 35.3 Å². The van der Waals surface area contributed by atoms with Crippen molar-refractivity contribution in [2.45, 2.75) is 40.8 Å². The predicted octanol–water partition coefficient (Wildman–Crippen LogP) is 3.45. The number of allylic oxidation sites excluding steroid dienone is 4. The molecule has 0 fully saturated rings.